The second-order valence-corrected chi connectivity index (χ2v) is 3.26. The zero-order valence-corrected chi connectivity index (χ0v) is 12.2. The average molecular weight is 333 g/mol. The van der Waals surface area contributed by atoms with Crippen LogP contribution in [0.4, 0.5) is 0 Å². The number of hydrogen-bond donors (Lipinski definition) is 2. The molecule has 3 nitrogen and oxygen atoms in total. The van der Waals surface area contributed by atoms with Gasteiger partial charge in [-0.05, 0) is 18.9 Å². The molecule has 0 aliphatic rings. The number of nitrogens with zero attached hydrogens (tertiary/aromatic N) is 1. The number of guanidine groups is 1. The van der Waals surface area contributed by atoms with Crippen molar-refractivity contribution < 1.29 is 0 Å². The van der Waals surface area contributed by atoms with E-state index >= 15 is 0 Å². The van der Waals surface area contributed by atoms with E-state index < -0.39 is 0 Å². The largest absolute Gasteiger partial charge is 0.357 e. The molecule has 0 aromatic heterocycles. The molecular formula is C12H20IN3. The zero-order chi connectivity index (χ0) is 10.9. The summed E-state index contributed by atoms with van der Waals surface area (Å²) in [6.07, 6.45) is 1.02. The van der Waals surface area contributed by atoms with E-state index in [0.717, 1.165) is 25.5 Å². The SMILES string of the molecule is CCNC(=NC)NCCc1ccccc1.I. The summed E-state index contributed by atoms with van der Waals surface area (Å²) in [5.41, 5.74) is 1.34. The molecular weight excluding hydrogens is 313 g/mol. The molecule has 1 aromatic carbocycles. The number of nitrogens with one attached hydrogen (secondary N) is 2. The van der Waals surface area contributed by atoms with Crippen LogP contribution in [0.5, 0.6) is 0 Å². The van der Waals surface area contributed by atoms with Crippen LogP contribution in [-0.2, 0) is 6.42 Å². The average Bonchev–Trinajstić information content (AvgIpc) is 2.29. The summed E-state index contributed by atoms with van der Waals surface area (Å²) in [5, 5.41) is 6.42. The lowest BCUT2D eigenvalue weighted by Gasteiger charge is -2.09. The number of benzene rings is 1. The van der Waals surface area contributed by atoms with Crippen LogP contribution >= 0.6 is 24.0 Å². The minimum absolute atomic E-state index is 0. The molecule has 0 saturated heterocycles. The van der Waals surface area contributed by atoms with Gasteiger partial charge in [0, 0.05) is 20.1 Å². The number of hydrogen-bond acceptors (Lipinski definition) is 1. The van der Waals surface area contributed by atoms with Gasteiger partial charge in [0.2, 0.25) is 0 Å². The molecule has 0 unspecified atom stereocenters. The first kappa shape index (κ1) is 15.2. The van der Waals surface area contributed by atoms with Crippen molar-refractivity contribution in [3.8, 4) is 0 Å². The van der Waals surface area contributed by atoms with E-state index in [1.54, 1.807) is 7.05 Å². The summed E-state index contributed by atoms with van der Waals surface area (Å²) < 4.78 is 0. The lowest BCUT2D eigenvalue weighted by Crippen LogP contribution is -2.38. The van der Waals surface area contributed by atoms with E-state index in [1.165, 1.54) is 5.56 Å². The van der Waals surface area contributed by atoms with E-state index in [-0.39, 0.29) is 24.0 Å². The molecule has 0 fully saturated rings. The third-order valence-corrected chi connectivity index (χ3v) is 2.12. The van der Waals surface area contributed by atoms with Crippen molar-refractivity contribution in [1.29, 1.82) is 0 Å². The number of halogens is 1. The number of aliphatic imine (C=N–C) groups is 1. The molecule has 0 bridgehead atoms. The van der Waals surface area contributed by atoms with Gasteiger partial charge in [0.15, 0.2) is 5.96 Å². The predicted octanol–water partition coefficient (Wildman–Crippen LogP) is 2.03. The molecule has 0 saturated carbocycles. The minimum Gasteiger partial charge on any atom is -0.357 e. The van der Waals surface area contributed by atoms with Crippen LogP contribution in [0.2, 0.25) is 0 Å². The van der Waals surface area contributed by atoms with Crippen LogP contribution < -0.4 is 10.6 Å². The topological polar surface area (TPSA) is 36.4 Å². The van der Waals surface area contributed by atoms with Gasteiger partial charge in [-0.1, -0.05) is 30.3 Å². The molecule has 0 spiro atoms. The summed E-state index contributed by atoms with van der Waals surface area (Å²) in [7, 11) is 1.79. The van der Waals surface area contributed by atoms with Gasteiger partial charge in [0.05, 0.1) is 0 Å². The highest BCUT2D eigenvalue weighted by molar-refractivity contribution is 14.0. The Morgan fingerprint density at radius 1 is 1.19 bits per heavy atom. The molecule has 0 aliphatic carbocycles. The predicted molar refractivity (Wildman–Crippen MR) is 80.6 cm³/mol. The summed E-state index contributed by atoms with van der Waals surface area (Å²) in [4.78, 5) is 4.10. The first-order chi connectivity index (χ1) is 7.36. The standard InChI is InChI=1S/C12H19N3.HI/c1-3-14-12(13-2)15-10-9-11-7-5-4-6-8-11;/h4-8H,3,9-10H2,1-2H3,(H2,13,14,15);1H. The molecule has 0 radical (unpaired) electrons. The Kier molecular flexibility index (Phi) is 8.99. The molecule has 0 atom stereocenters. The monoisotopic (exact) mass is 333 g/mol. The van der Waals surface area contributed by atoms with Crippen molar-refractivity contribution in [2.24, 2.45) is 4.99 Å². The Balaban J connectivity index is 0.00000225. The van der Waals surface area contributed by atoms with Gasteiger partial charge in [0.25, 0.3) is 0 Å². The van der Waals surface area contributed by atoms with E-state index in [2.05, 4.69) is 46.8 Å². The maximum absolute atomic E-state index is 4.10. The Hall–Kier alpha value is -0.780. The molecule has 0 amide bonds. The highest BCUT2D eigenvalue weighted by Crippen LogP contribution is 1.97. The first-order valence-corrected chi connectivity index (χ1v) is 5.35. The molecule has 0 aliphatic heterocycles. The Morgan fingerprint density at radius 3 is 2.44 bits per heavy atom. The fourth-order valence-electron chi connectivity index (χ4n) is 1.36. The summed E-state index contributed by atoms with van der Waals surface area (Å²) in [6.45, 7) is 3.86. The van der Waals surface area contributed by atoms with E-state index in [1.807, 2.05) is 6.07 Å². The Labute approximate surface area is 115 Å². The van der Waals surface area contributed by atoms with Crippen molar-refractivity contribution in [2.45, 2.75) is 13.3 Å². The lowest BCUT2D eigenvalue weighted by atomic mass is 10.1. The van der Waals surface area contributed by atoms with Crippen LogP contribution in [0.3, 0.4) is 0 Å². The second-order valence-electron chi connectivity index (χ2n) is 3.26. The van der Waals surface area contributed by atoms with Crippen LogP contribution in [0, 0.1) is 0 Å². The quantitative estimate of drug-likeness (QED) is 0.503. The Morgan fingerprint density at radius 2 is 1.88 bits per heavy atom. The first-order valence-electron chi connectivity index (χ1n) is 5.35. The minimum atomic E-state index is 0. The van der Waals surface area contributed by atoms with Crippen LogP contribution in [0.25, 0.3) is 0 Å². The number of rotatable bonds is 4. The molecule has 0 heterocycles. The summed E-state index contributed by atoms with van der Waals surface area (Å²) in [6, 6.07) is 10.4. The molecule has 2 N–H and O–H groups in total. The molecule has 90 valence electrons. The lowest BCUT2D eigenvalue weighted by molar-refractivity contribution is 0.810. The fourth-order valence-corrected chi connectivity index (χ4v) is 1.36. The zero-order valence-electron chi connectivity index (χ0n) is 9.86. The molecule has 16 heavy (non-hydrogen) atoms. The van der Waals surface area contributed by atoms with Crippen molar-refractivity contribution in [3.05, 3.63) is 35.9 Å². The summed E-state index contributed by atoms with van der Waals surface area (Å²) in [5.74, 6) is 0.869. The van der Waals surface area contributed by atoms with Crippen LogP contribution in [0.15, 0.2) is 35.3 Å². The van der Waals surface area contributed by atoms with Crippen molar-refractivity contribution in [1.82, 2.24) is 10.6 Å². The van der Waals surface area contributed by atoms with E-state index in [4.69, 9.17) is 0 Å². The van der Waals surface area contributed by atoms with E-state index in [9.17, 15) is 0 Å². The second kappa shape index (κ2) is 9.45. The van der Waals surface area contributed by atoms with Gasteiger partial charge < -0.3 is 10.6 Å². The fraction of sp³-hybridized carbons (Fsp3) is 0.417. The maximum Gasteiger partial charge on any atom is 0.190 e. The van der Waals surface area contributed by atoms with Gasteiger partial charge in [-0.25, -0.2) is 0 Å². The Bertz CT molecular complexity index is 298. The normalized spacial score (nSPS) is 10.5. The molecule has 1 aromatic rings. The molecule has 4 heteroatoms. The highest BCUT2D eigenvalue weighted by atomic mass is 127. The highest BCUT2D eigenvalue weighted by Gasteiger charge is 1.94. The summed E-state index contributed by atoms with van der Waals surface area (Å²) >= 11 is 0. The van der Waals surface area contributed by atoms with Gasteiger partial charge in [-0.3, -0.25) is 4.99 Å². The maximum atomic E-state index is 4.10. The van der Waals surface area contributed by atoms with Gasteiger partial charge in [-0.2, -0.15) is 0 Å². The molecule has 1 rings (SSSR count). The van der Waals surface area contributed by atoms with Gasteiger partial charge in [-0.15, -0.1) is 24.0 Å². The van der Waals surface area contributed by atoms with Gasteiger partial charge >= 0.3 is 0 Å². The van der Waals surface area contributed by atoms with E-state index in [0.29, 0.717) is 0 Å². The van der Waals surface area contributed by atoms with Crippen LogP contribution in [0.1, 0.15) is 12.5 Å². The third kappa shape index (κ3) is 5.95. The third-order valence-electron chi connectivity index (χ3n) is 2.12. The van der Waals surface area contributed by atoms with Crippen molar-refractivity contribution in [2.75, 3.05) is 20.1 Å². The van der Waals surface area contributed by atoms with Crippen LogP contribution in [-0.4, -0.2) is 26.1 Å². The van der Waals surface area contributed by atoms with Crippen molar-refractivity contribution in [3.63, 3.8) is 0 Å². The van der Waals surface area contributed by atoms with Crippen molar-refractivity contribution >= 4 is 29.9 Å². The smallest absolute Gasteiger partial charge is 0.190 e. The van der Waals surface area contributed by atoms with Gasteiger partial charge in [0.1, 0.15) is 0 Å².